The number of aryl methyl sites for hydroxylation is 1. The van der Waals surface area contributed by atoms with Gasteiger partial charge in [0, 0.05) is 18.9 Å². The molecular weight excluding hydrogens is 357 g/mol. The Kier molecular flexibility index (Phi) is 5.35. The van der Waals surface area contributed by atoms with E-state index in [1.807, 2.05) is 31.2 Å². The Labute approximate surface area is 153 Å². The van der Waals surface area contributed by atoms with E-state index >= 15 is 0 Å². The van der Waals surface area contributed by atoms with Crippen molar-refractivity contribution in [3.63, 3.8) is 0 Å². The van der Waals surface area contributed by atoms with Crippen LogP contribution in [0.2, 0.25) is 0 Å². The highest BCUT2D eigenvalue weighted by Crippen LogP contribution is 2.20. The topological polar surface area (TPSA) is 66.9 Å². The van der Waals surface area contributed by atoms with Crippen LogP contribution in [0.5, 0.6) is 0 Å². The van der Waals surface area contributed by atoms with Gasteiger partial charge in [-0.25, -0.2) is 23.1 Å². The third kappa shape index (κ3) is 4.22. The minimum Gasteiger partial charge on any atom is -0.350 e. The summed E-state index contributed by atoms with van der Waals surface area (Å²) in [5.74, 6) is -4.89. The molecule has 0 unspecified atom stereocenters. The van der Waals surface area contributed by atoms with Gasteiger partial charge in [-0.2, -0.15) is 0 Å². The molecule has 0 atom stereocenters. The van der Waals surface area contributed by atoms with Crippen molar-refractivity contribution >= 4 is 17.5 Å². The molecule has 0 aliphatic heterocycles. The summed E-state index contributed by atoms with van der Waals surface area (Å²) in [7, 11) is 0. The third-order valence-corrected chi connectivity index (χ3v) is 3.90. The van der Waals surface area contributed by atoms with Crippen molar-refractivity contribution in [1.82, 2.24) is 9.97 Å². The molecule has 3 rings (SSSR count). The van der Waals surface area contributed by atoms with E-state index in [0.29, 0.717) is 12.5 Å². The summed E-state index contributed by atoms with van der Waals surface area (Å²) >= 11 is 0. The summed E-state index contributed by atoms with van der Waals surface area (Å²) in [5.41, 5.74) is 1.77. The van der Waals surface area contributed by atoms with E-state index in [1.165, 1.54) is 12.4 Å². The average molecular weight is 372 g/mol. The lowest BCUT2D eigenvalue weighted by molar-refractivity contribution is 0.102. The SMILES string of the molecule is Cc1ccccc1CNc1ncc(C(=O)Nc2ccc(F)c(F)c2F)cn1. The third-order valence-electron chi connectivity index (χ3n) is 3.90. The maximum absolute atomic E-state index is 13.6. The highest BCUT2D eigenvalue weighted by atomic mass is 19.2. The number of carbonyl (C=O) groups excluding carboxylic acids is 1. The van der Waals surface area contributed by atoms with Gasteiger partial charge in [0.15, 0.2) is 17.5 Å². The molecule has 1 amide bonds. The van der Waals surface area contributed by atoms with Gasteiger partial charge in [0.2, 0.25) is 5.95 Å². The van der Waals surface area contributed by atoms with Crippen LogP contribution < -0.4 is 10.6 Å². The summed E-state index contributed by atoms with van der Waals surface area (Å²) in [6.07, 6.45) is 2.50. The van der Waals surface area contributed by atoms with Crippen molar-refractivity contribution in [2.24, 2.45) is 0 Å². The summed E-state index contributed by atoms with van der Waals surface area (Å²) in [6, 6.07) is 9.49. The van der Waals surface area contributed by atoms with Crippen LogP contribution in [0, 0.1) is 24.4 Å². The van der Waals surface area contributed by atoms with Crippen LogP contribution in [0.4, 0.5) is 24.8 Å². The second-order valence-electron chi connectivity index (χ2n) is 5.75. The molecule has 0 saturated heterocycles. The summed E-state index contributed by atoms with van der Waals surface area (Å²) in [5, 5.41) is 5.19. The fourth-order valence-electron chi connectivity index (χ4n) is 2.34. The van der Waals surface area contributed by atoms with Gasteiger partial charge >= 0.3 is 0 Å². The molecule has 0 aliphatic carbocycles. The van der Waals surface area contributed by atoms with E-state index in [4.69, 9.17) is 0 Å². The molecule has 8 heteroatoms. The number of carbonyl (C=O) groups is 1. The molecule has 0 bridgehead atoms. The lowest BCUT2D eigenvalue weighted by Crippen LogP contribution is -2.15. The number of amides is 1. The lowest BCUT2D eigenvalue weighted by atomic mass is 10.1. The van der Waals surface area contributed by atoms with Gasteiger partial charge in [-0.15, -0.1) is 0 Å². The van der Waals surface area contributed by atoms with Crippen LogP contribution in [0.15, 0.2) is 48.8 Å². The number of hydrogen-bond donors (Lipinski definition) is 2. The standard InChI is InChI=1S/C19H15F3N4O/c1-11-4-2-3-5-12(11)8-23-19-24-9-13(10-25-19)18(27)26-15-7-6-14(20)16(21)17(15)22/h2-7,9-10H,8H2,1H3,(H,26,27)(H,23,24,25). The average Bonchev–Trinajstić information content (AvgIpc) is 2.68. The van der Waals surface area contributed by atoms with Crippen LogP contribution in [0.1, 0.15) is 21.5 Å². The van der Waals surface area contributed by atoms with Gasteiger partial charge in [0.1, 0.15) is 0 Å². The zero-order valence-corrected chi connectivity index (χ0v) is 14.3. The van der Waals surface area contributed by atoms with Crippen LogP contribution in [-0.2, 0) is 6.54 Å². The van der Waals surface area contributed by atoms with Gasteiger partial charge in [-0.05, 0) is 30.2 Å². The Hall–Kier alpha value is -3.42. The smallest absolute Gasteiger partial charge is 0.258 e. The first-order valence-electron chi connectivity index (χ1n) is 8.01. The Morgan fingerprint density at radius 1 is 1.00 bits per heavy atom. The van der Waals surface area contributed by atoms with Gasteiger partial charge in [0.05, 0.1) is 11.3 Å². The predicted molar refractivity (Wildman–Crippen MR) is 94.8 cm³/mol. The van der Waals surface area contributed by atoms with Crippen molar-refractivity contribution < 1.29 is 18.0 Å². The van der Waals surface area contributed by atoms with Crippen LogP contribution in [-0.4, -0.2) is 15.9 Å². The molecule has 0 radical (unpaired) electrons. The molecule has 5 nitrogen and oxygen atoms in total. The monoisotopic (exact) mass is 372 g/mol. The molecule has 0 aliphatic rings. The van der Waals surface area contributed by atoms with E-state index in [2.05, 4.69) is 20.6 Å². The summed E-state index contributed by atoms with van der Waals surface area (Å²) < 4.78 is 39.8. The number of nitrogens with zero attached hydrogens (tertiary/aromatic N) is 2. The van der Waals surface area contributed by atoms with E-state index < -0.39 is 29.0 Å². The fourth-order valence-corrected chi connectivity index (χ4v) is 2.34. The first-order valence-corrected chi connectivity index (χ1v) is 8.01. The number of benzene rings is 2. The normalized spacial score (nSPS) is 10.5. The molecular formula is C19H15F3N4O. The Morgan fingerprint density at radius 2 is 1.70 bits per heavy atom. The van der Waals surface area contributed by atoms with Gasteiger partial charge < -0.3 is 10.6 Å². The number of aromatic nitrogens is 2. The highest BCUT2D eigenvalue weighted by molar-refractivity contribution is 6.03. The zero-order chi connectivity index (χ0) is 19.4. The first-order chi connectivity index (χ1) is 13.0. The summed E-state index contributed by atoms with van der Waals surface area (Å²) in [6.45, 7) is 2.50. The van der Waals surface area contributed by atoms with Crippen LogP contribution in [0.3, 0.4) is 0 Å². The maximum Gasteiger partial charge on any atom is 0.258 e. The number of halogens is 3. The molecule has 0 spiro atoms. The minimum atomic E-state index is -1.65. The molecule has 1 aromatic heterocycles. The lowest BCUT2D eigenvalue weighted by Gasteiger charge is -2.09. The van der Waals surface area contributed by atoms with Crippen molar-refractivity contribution in [3.8, 4) is 0 Å². The van der Waals surface area contributed by atoms with Crippen LogP contribution in [0.25, 0.3) is 0 Å². The van der Waals surface area contributed by atoms with Crippen molar-refractivity contribution in [2.45, 2.75) is 13.5 Å². The predicted octanol–water partition coefficient (Wildman–Crippen LogP) is 4.07. The Balaban J connectivity index is 1.65. The highest BCUT2D eigenvalue weighted by Gasteiger charge is 2.16. The quantitative estimate of drug-likeness (QED) is 0.663. The molecule has 0 saturated carbocycles. The number of hydrogen-bond acceptors (Lipinski definition) is 4. The number of rotatable bonds is 5. The second kappa shape index (κ2) is 7.86. The molecule has 2 N–H and O–H groups in total. The van der Waals surface area contributed by atoms with Crippen molar-refractivity contribution in [2.75, 3.05) is 10.6 Å². The maximum atomic E-state index is 13.6. The molecule has 0 fully saturated rings. The molecule has 27 heavy (non-hydrogen) atoms. The second-order valence-corrected chi connectivity index (χ2v) is 5.75. The van der Waals surface area contributed by atoms with Gasteiger partial charge in [-0.1, -0.05) is 24.3 Å². The van der Waals surface area contributed by atoms with Gasteiger partial charge in [0.25, 0.3) is 5.91 Å². The fraction of sp³-hybridized carbons (Fsp3) is 0.105. The summed E-state index contributed by atoms with van der Waals surface area (Å²) in [4.78, 5) is 20.2. The zero-order valence-electron chi connectivity index (χ0n) is 14.3. The molecule has 138 valence electrons. The van der Waals surface area contributed by atoms with E-state index in [-0.39, 0.29) is 5.56 Å². The first kappa shape index (κ1) is 18.4. The Morgan fingerprint density at radius 3 is 2.41 bits per heavy atom. The molecule has 2 aromatic carbocycles. The van der Waals surface area contributed by atoms with E-state index in [0.717, 1.165) is 23.3 Å². The van der Waals surface area contributed by atoms with E-state index in [9.17, 15) is 18.0 Å². The molecule has 1 heterocycles. The van der Waals surface area contributed by atoms with Crippen LogP contribution >= 0.6 is 0 Å². The molecule has 3 aromatic rings. The number of nitrogens with one attached hydrogen (secondary N) is 2. The number of anilines is 2. The van der Waals surface area contributed by atoms with Crippen molar-refractivity contribution in [1.29, 1.82) is 0 Å². The Bertz CT molecular complexity index is 977. The minimum absolute atomic E-state index is 0.0422. The van der Waals surface area contributed by atoms with Gasteiger partial charge in [-0.3, -0.25) is 4.79 Å². The van der Waals surface area contributed by atoms with E-state index in [1.54, 1.807) is 0 Å². The van der Waals surface area contributed by atoms with Crippen molar-refractivity contribution in [3.05, 3.63) is 82.9 Å². The largest absolute Gasteiger partial charge is 0.350 e.